The van der Waals surface area contributed by atoms with Crippen molar-refractivity contribution in [3.8, 4) is 11.3 Å². The summed E-state index contributed by atoms with van der Waals surface area (Å²) in [5.74, 6) is -0.835. The molecule has 0 aliphatic rings. The number of hydrogen-bond donors (Lipinski definition) is 3. The Balaban J connectivity index is 1.57. The number of aromatic amines is 1. The van der Waals surface area contributed by atoms with Gasteiger partial charge in [-0.05, 0) is 12.1 Å². The van der Waals surface area contributed by atoms with Crippen molar-refractivity contribution < 1.29 is 18.0 Å². The Bertz CT molecular complexity index is 1180. The average molecular weight is 403 g/mol. The maximum absolute atomic E-state index is 12.2. The van der Waals surface area contributed by atoms with E-state index < -0.39 is 18.5 Å². The van der Waals surface area contributed by atoms with Gasteiger partial charge in [-0.15, -0.1) is 0 Å². The minimum absolute atomic E-state index is 0.0114. The number of aromatic nitrogens is 5. The Hall–Kier alpha value is -3.63. The summed E-state index contributed by atoms with van der Waals surface area (Å²) in [6.45, 7) is 0.210. The number of H-pyrrole nitrogens is 1. The number of hydrogen-bond acceptors (Lipinski definition) is 5. The first-order chi connectivity index (χ1) is 13.8. The topological polar surface area (TPSA) is 115 Å². The number of nitrogen functional groups attached to an aromatic ring is 1. The fraction of sp³-hybridized carbons (Fsp3) is 0.222. The quantitative estimate of drug-likeness (QED) is 0.474. The van der Waals surface area contributed by atoms with E-state index in [0.717, 1.165) is 22.0 Å². The van der Waals surface area contributed by atoms with Gasteiger partial charge in [-0.1, -0.05) is 12.1 Å². The maximum Gasteiger partial charge on any atom is 0.397 e. The average Bonchev–Trinajstić information content (AvgIpc) is 3.30. The summed E-state index contributed by atoms with van der Waals surface area (Å²) in [6.07, 6.45) is -2.58. The van der Waals surface area contributed by atoms with Crippen molar-refractivity contribution in [2.45, 2.75) is 19.1 Å². The molecule has 1 aromatic carbocycles. The van der Waals surface area contributed by atoms with Gasteiger partial charge in [0, 0.05) is 35.3 Å². The minimum atomic E-state index is -4.53. The summed E-state index contributed by atoms with van der Waals surface area (Å²) < 4.78 is 38.1. The van der Waals surface area contributed by atoms with Gasteiger partial charge in [0.05, 0.1) is 17.8 Å². The maximum atomic E-state index is 12.2. The molecule has 4 aromatic rings. The molecule has 0 bridgehead atoms. The van der Waals surface area contributed by atoms with Crippen molar-refractivity contribution in [1.29, 1.82) is 0 Å². The Morgan fingerprint density at radius 3 is 2.79 bits per heavy atom. The predicted octanol–water partition coefficient (Wildman–Crippen LogP) is 2.63. The van der Waals surface area contributed by atoms with Crippen LogP contribution in [-0.4, -0.2) is 43.6 Å². The zero-order valence-electron chi connectivity index (χ0n) is 15.0. The lowest BCUT2D eigenvalue weighted by Gasteiger charge is -2.07. The molecule has 3 aromatic heterocycles. The number of nitrogens with two attached hydrogens (primary N) is 1. The fourth-order valence-corrected chi connectivity index (χ4v) is 3.09. The van der Waals surface area contributed by atoms with Gasteiger partial charge in [0.2, 0.25) is 5.91 Å². The Labute approximate surface area is 161 Å². The van der Waals surface area contributed by atoms with Gasteiger partial charge in [0.1, 0.15) is 11.9 Å². The van der Waals surface area contributed by atoms with Crippen LogP contribution in [0.15, 0.2) is 36.7 Å². The summed E-state index contributed by atoms with van der Waals surface area (Å²) in [5.41, 5.74) is 8.87. The Morgan fingerprint density at radius 1 is 1.24 bits per heavy atom. The molecule has 4 N–H and O–H groups in total. The highest BCUT2D eigenvalue weighted by molar-refractivity contribution is 6.08. The van der Waals surface area contributed by atoms with Crippen molar-refractivity contribution in [3.05, 3.63) is 36.7 Å². The van der Waals surface area contributed by atoms with E-state index in [1.54, 1.807) is 12.4 Å². The third-order valence-corrected chi connectivity index (χ3v) is 4.35. The van der Waals surface area contributed by atoms with Gasteiger partial charge in [0.25, 0.3) is 0 Å². The number of carbonyl (C=O) groups excluding carboxylic acids is 1. The zero-order valence-corrected chi connectivity index (χ0v) is 15.0. The molecule has 11 heteroatoms. The minimum Gasteiger partial charge on any atom is -0.382 e. The number of fused-ring (bicyclic) bond motifs is 3. The predicted molar refractivity (Wildman–Crippen MR) is 101 cm³/mol. The molecule has 0 unspecified atom stereocenters. The van der Waals surface area contributed by atoms with Crippen molar-refractivity contribution in [2.24, 2.45) is 0 Å². The summed E-state index contributed by atoms with van der Waals surface area (Å²) in [7, 11) is 0. The highest BCUT2D eigenvalue weighted by Gasteiger charge is 2.30. The van der Waals surface area contributed by atoms with Crippen LogP contribution in [0.2, 0.25) is 0 Å². The number of pyridine rings is 1. The van der Waals surface area contributed by atoms with Crippen LogP contribution in [0.25, 0.3) is 33.1 Å². The van der Waals surface area contributed by atoms with Crippen molar-refractivity contribution >= 4 is 33.5 Å². The second-order valence-corrected chi connectivity index (χ2v) is 6.48. The van der Waals surface area contributed by atoms with E-state index >= 15 is 0 Å². The molecule has 0 aliphatic carbocycles. The molecule has 0 aliphatic heterocycles. The summed E-state index contributed by atoms with van der Waals surface area (Å²) in [5, 5.41) is 15.1. The van der Waals surface area contributed by atoms with Gasteiger partial charge >= 0.3 is 6.18 Å². The second-order valence-electron chi connectivity index (χ2n) is 6.48. The summed E-state index contributed by atoms with van der Waals surface area (Å²) >= 11 is 0. The van der Waals surface area contributed by atoms with Crippen molar-refractivity contribution in [2.75, 3.05) is 12.3 Å². The van der Waals surface area contributed by atoms with Crippen LogP contribution in [-0.2, 0) is 11.3 Å². The lowest BCUT2D eigenvalue weighted by Crippen LogP contribution is -2.31. The Morgan fingerprint density at radius 2 is 2.07 bits per heavy atom. The fourth-order valence-electron chi connectivity index (χ4n) is 3.09. The molecule has 0 fully saturated rings. The molecular weight excluding hydrogens is 387 g/mol. The number of nitrogens with one attached hydrogen (secondary N) is 2. The first kappa shape index (κ1) is 18.7. The first-order valence-corrected chi connectivity index (χ1v) is 8.70. The molecule has 0 spiro atoms. The smallest absolute Gasteiger partial charge is 0.382 e. The van der Waals surface area contributed by atoms with Crippen LogP contribution in [0.4, 0.5) is 19.0 Å². The SMILES string of the molecule is Nc1nc2cc(-c3cc[nH]n3)ccc2c2cn(CCNC(=O)CC(F)(F)F)nc12. The molecule has 8 nitrogen and oxygen atoms in total. The van der Waals surface area contributed by atoms with E-state index in [1.165, 1.54) is 4.68 Å². The van der Waals surface area contributed by atoms with Crippen LogP contribution in [0.5, 0.6) is 0 Å². The van der Waals surface area contributed by atoms with E-state index in [0.29, 0.717) is 11.0 Å². The summed E-state index contributed by atoms with van der Waals surface area (Å²) in [4.78, 5) is 15.7. The molecule has 4 rings (SSSR count). The highest BCUT2D eigenvalue weighted by Crippen LogP contribution is 2.29. The number of rotatable bonds is 5. The molecule has 0 radical (unpaired) electrons. The number of anilines is 1. The van der Waals surface area contributed by atoms with E-state index in [2.05, 4.69) is 25.6 Å². The largest absolute Gasteiger partial charge is 0.397 e. The molecule has 0 atom stereocenters. The standard InChI is InChI=1S/C18H16F3N7O/c19-18(20,21)8-15(29)23-5-6-28-9-12-11-2-1-10(13-3-4-24-26-13)7-14(11)25-17(22)16(12)27-28/h1-4,7,9H,5-6,8H2,(H2,22,25)(H,23,29)(H,24,26). The van der Waals surface area contributed by atoms with E-state index in [4.69, 9.17) is 5.73 Å². The third-order valence-electron chi connectivity index (χ3n) is 4.35. The number of alkyl halides is 3. The lowest BCUT2D eigenvalue weighted by atomic mass is 10.1. The van der Waals surface area contributed by atoms with Gasteiger partial charge in [0.15, 0.2) is 5.82 Å². The van der Waals surface area contributed by atoms with E-state index in [-0.39, 0.29) is 18.9 Å². The highest BCUT2D eigenvalue weighted by atomic mass is 19.4. The monoisotopic (exact) mass is 403 g/mol. The number of halogens is 3. The zero-order chi connectivity index (χ0) is 20.6. The number of amides is 1. The molecular formula is C18H16F3N7O. The molecule has 150 valence electrons. The van der Waals surface area contributed by atoms with Crippen LogP contribution < -0.4 is 11.1 Å². The van der Waals surface area contributed by atoms with Gasteiger partial charge in [-0.25, -0.2) is 4.98 Å². The molecule has 3 heterocycles. The van der Waals surface area contributed by atoms with Gasteiger partial charge in [-0.2, -0.15) is 23.4 Å². The Kier molecular flexibility index (Phi) is 4.57. The number of benzene rings is 1. The lowest BCUT2D eigenvalue weighted by molar-refractivity contribution is -0.153. The van der Waals surface area contributed by atoms with Gasteiger partial charge in [-0.3, -0.25) is 14.6 Å². The second kappa shape index (κ2) is 7.08. The van der Waals surface area contributed by atoms with Crippen molar-refractivity contribution in [1.82, 2.24) is 30.3 Å². The van der Waals surface area contributed by atoms with Crippen LogP contribution in [0.3, 0.4) is 0 Å². The van der Waals surface area contributed by atoms with Crippen LogP contribution in [0, 0.1) is 0 Å². The molecule has 29 heavy (non-hydrogen) atoms. The molecule has 0 saturated carbocycles. The number of carbonyl (C=O) groups is 1. The molecule has 0 saturated heterocycles. The number of nitrogens with zero attached hydrogens (tertiary/aromatic N) is 4. The van der Waals surface area contributed by atoms with E-state index in [1.807, 2.05) is 24.3 Å². The first-order valence-electron chi connectivity index (χ1n) is 8.70. The van der Waals surface area contributed by atoms with Crippen LogP contribution >= 0.6 is 0 Å². The van der Waals surface area contributed by atoms with E-state index in [9.17, 15) is 18.0 Å². The third kappa shape index (κ3) is 3.98. The molecule has 1 amide bonds. The summed E-state index contributed by atoms with van der Waals surface area (Å²) in [6, 6.07) is 7.51. The normalized spacial score (nSPS) is 12.0. The van der Waals surface area contributed by atoms with Crippen molar-refractivity contribution in [3.63, 3.8) is 0 Å². The van der Waals surface area contributed by atoms with Crippen LogP contribution in [0.1, 0.15) is 6.42 Å². The van der Waals surface area contributed by atoms with Gasteiger partial charge < -0.3 is 11.1 Å².